The molecule has 0 aliphatic rings. The van der Waals surface area contributed by atoms with Crippen molar-refractivity contribution in [2.75, 3.05) is 13.7 Å². The average molecular weight is 213 g/mol. The predicted octanol–water partition coefficient (Wildman–Crippen LogP) is 1.93. The van der Waals surface area contributed by atoms with E-state index in [4.69, 9.17) is 16.3 Å². The van der Waals surface area contributed by atoms with E-state index in [0.717, 1.165) is 5.56 Å². The van der Waals surface area contributed by atoms with Gasteiger partial charge in [0.15, 0.2) is 0 Å². The van der Waals surface area contributed by atoms with Gasteiger partial charge >= 0.3 is 0 Å². The van der Waals surface area contributed by atoms with Crippen LogP contribution in [0.4, 0.5) is 0 Å². The fourth-order valence-electron chi connectivity index (χ4n) is 1.08. The quantitative estimate of drug-likeness (QED) is 0.810. The number of hydrogen-bond acceptors (Lipinski definition) is 3. The topological polar surface area (TPSA) is 34.2 Å². The van der Waals surface area contributed by atoms with Crippen molar-refractivity contribution >= 4 is 11.6 Å². The van der Waals surface area contributed by atoms with Gasteiger partial charge in [0, 0.05) is 29.9 Å². The first-order valence-electron chi connectivity index (χ1n) is 4.26. The van der Waals surface area contributed by atoms with Crippen molar-refractivity contribution in [3.8, 4) is 5.88 Å². The van der Waals surface area contributed by atoms with Crippen LogP contribution in [-0.2, 0) is 6.54 Å². The number of pyridine rings is 1. The predicted molar refractivity (Wildman–Crippen MR) is 57.5 cm³/mol. The Labute approximate surface area is 88.8 Å². The molecule has 0 saturated carbocycles. The van der Waals surface area contributed by atoms with Crippen molar-refractivity contribution in [3.63, 3.8) is 0 Å². The third kappa shape index (κ3) is 3.36. The van der Waals surface area contributed by atoms with Gasteiger partial charge in [-0.15, -0.1) is 0 Å². The van der Waals surface area contributed by atoms with Crippen molar-refractivity contribution < 1.29 is 4.74 Å². The van der Waals surface area contributed by atoms with Gasteiger partial charge in [-0.05, 0) is 6.07 Å². The molecule has 0 bridgehead atoms. The Bertz CT molecular complexity index is 315. The van der Waals surface area contributed by atoms with E-state index in [1.807, 2.05) is 12.1 Å². The summed E-state index contributed by atoms with van der Waals surface area (Å²) in [5.74, 6) is 0.639. The van der Waals surface area contributed by atoms with Gasteiger partial charge in [0.05, 0.1) is 7.11 Å². The second kappa shape index (κ2) is 5.62. The van der Waals surface area contributed by atoms with Gasteiger partial charge in [-0.3, -0.25) is 0 Å². The second-order valence-electron chi connectivity index (χ2n) is 2.79. The molecule has 0 amide bonds. The van der Waals surface area contributed by atoms with Crippen LogP contribution in [-0.4, -0.2) is 18.6 Å². The molecule has 0 aromatic carbocycles. The summed E-state index contributed by atoms with van der Waals surface area (Å²) in [4.78, 5) is 4.08. The van der Waals surface area contributed by atoms with Gasteiger partial charge in [-0.25, -0.2) is 4.98 Å². The van der Waals surface area contributed by atoms with E-state index in [2.05, 4.69) is 16.9 Å². The molecule has 1 aromatic rings. The molecule has 3 nitrogen and oxygen atoms in total. The lowest BCUT2D eigenvalue weighted by Crippen LogP contribution is -2.15. The van der Waals surface area contributed by atoms with E-state index in [9.17, 15) is 0 Å². The zero-order chi connectivity index (χ0) is 10.4. The van der Waals surface area contributed by atoms with Crippen LogP contribution >= 0.6 is 11.6 Å². The molecule has 1 rings (SSSR count). The van der Waals surface area contributed by atoms with Crippen molar-refractivity contribution in [1.29, 1.82) is 0 Å². The zero-order valence-corrected chi connectivity index (χ0v) is 8.84. The number of halogens is 1. The molecule has 0 fully saturated rings. The summed E-state index contributed by atoms with van der Waals surface area (Å²) in [5, 5.41) is 3.71. The first kappa shape index (κ1) is 11.0. The molecule has 1 heterocycles. The van der Waals surface area contributed by atoms with Gasteiger partial charge in [0.2, 0.25) is 5.88 Å². The van der Waals surface area contributed by atoms with Crippen LogP contribution in [0.15, 0.2) is 29.9 Å². The number of aromatic nitrogens is 1. The van der Waals surface area contributed by atoms with Gasteiger partial charge in [0.1, 0.15) is 0 Å². The van der Waals surface area contributed by atoms with E-state index in [1.54, 1.807) is 13.3 Å². The van der Waals surface area contributed by atoms with Crippen molar-refractivity contribution in [1.82, 2.24) is 10.3 Å². The third-order valence-electron chi connectivity index (χ3n) is 1.68. The van der Waals surface area contributed by atoms with E-state index in [1.165, 1.54) is 0 Å². The lowest BCUT2D eigenvalue weighted by Gasteiger charge is -2.07. The van der Waals surface area contributed by atoms with Crippen LogP contribution < -0.4 is 10.1 Å². The summed E-state index contributed by atoms with van der Waals surface area (Å²) in [6, 6.07) is 3.82. The molecule has 1 aromatic heterocycles. The molecule has 0 saturated heterocycles. The Hall–Kier alpha value is -1.06. The molecule has 0 aliphatic heterocycles. The Kier molecular flexibility index (Phi) is 4.43. The van der Waals surface area contributed by atoms with Crippen molar-refractivity contribution in [2.24, 2.45) is 0 Å². The summed E-state index contributed by atoms with van der Waals surface area (Å²) >= 11 is 5.61. The molecule has 1 N–H and O–H groups in total. The standard InChI is InChI=1S/C10H13ClN2O/c1-8(11)6-12-7-9-4-3-5-13-10(9)14-2/h3-5,12H,1,6-7H2,2H3. The molecule has 0 aliphatic carbocycles. The van der Waals surface area contributed by atoms with Gasteiger partial charge in [-0.2, -0.15) is 0 Å². The number of rotatable bonds is 5. The van der Waals surface area contributed by atoms with E-state index in [-0.39, 0.29) is 0 Å². The average Bonchev–Trinajstić information content (AvgIpc) is 2.18. The van der Waals surface area contributed by atoms with Gasteiger partial charge in [0.25, 0.3) is 0 Å². The van der Waals surface area contributed by atoms with Crippen LogP contribution in [0.1, 0.15) is 5.56 Å². The molecular weight excluding hydrogens is 200 g/mol. The molecular formula is C10H13ClN2O. The summed E-state index contributed by atoms with van der Waals surface area (Å²) in [6.45, 7) is 4.84. The summed E-state index contributed by atoms with van der Waals surface area (Å²) in [7, 11) is 1.60. The smallest absolute Gasteiger partial charge is 0.217 e. The lowest BCUT2D eigenvalue weighted by molar-refractivity contribution is 0.391. The normalized spacial score (nSPS) is 9.86. The minimum atomic E-state index is 0.583. The summed E-state index contributed by atoms with van der Waals surface area (Å²) in [6.07, 6.45) is 1.70. The van der Waals surface area contributed by atoms with Gasteiger partial charge < -0.3 is 10.1 Å². The van der Waals surface area contributed by atoms with Crippen LogP contribution in [0.5, 0.6) is 5.88 Å². The Morgan fingerprint density at radius 2 is 2.50 bits per heavy atom. The maximum Gasteiger partial charge on any atom is 0.217 e. The molecule has 76 valence electrons. The highest BCUT2D eigenvalue weighted by Gasteiger charge is 2.01. The SMILES string of the molecule is C=C(Cl)CNCc1cccnc1OC. The first-order valence-corrected chi connectivity index (χ1v) is 4.63. The number of ether oxygens (including phenoxy) is 1. The first-order chi connectivity index (χ1) is 6.74. The minimum Gasteiger partial charge on any atom is -0.481 e. The van der Waals surface area contributed by atoms with Crippen molar-refractivity contribution in [2.45, 2.75) is 6.54 Å². The maximum atomic E-state index is 5.61. The van der Waals surface area contributed by atoms with E-state index < -0.39 is 0 Å². The number of methoxy groups -OCH3 is 1. The second-order valence-corrected chi connectivity index (χ2v) is 3.33. The van der Waals surface area contributed by atoms with Crippen molar-refractivity contribution in [3.05, 3.63) is 35.5 Å². The Balaban J connectivity index is 2.53. The summed E-state index contributed by atoms with van der Waals surface area (Å²) < 4.78 is 5.10. The molecule has 0 atom stereocenters. The van der Waals surface area contributed by atoms with Crippen LogP contribution in [0.2, 0.25) is 0 Å². The van der Waals surface area contributed by atoms with E-state index in [0.29, 0.717) is 24.0 Å². The zero-order valence-electron chi connectivity index (χ0n) is 8.09. The molecule has 0 radical (unpaired) electrons. The van der Waals surface area contributed by atoms with E-state index >= 15 is 0 Å². The van der Waals surface area contributed by atoms with Gasteiger partial charge in [-0.1, -0.05) is 24.2 Å². The minimum absolute atomic E-state index is 0.583. The monoisotopic (exact) mass is 212 g/mol. The Morgan fingerprint density at radius 3 is 3.14 bits per heavy atom. The van der Waals surface area contributed by atoms with Crippen LogP contribution in [0.3, 0.4) is 0 Å². The molecule has 0 unspecified atom stereocenters. The highest BCUT2D eigenvalue weighted by molar-refractivity contribution is 6.29. The van der Waals surface area contributed by atoms with Crippen LogP contribution in [0, 0.1) is 0 Å². The lowest BCUT2D eigenvalue weighted by atomic mass is 10.2. The Morgan fingerprint density at radius 1 is 1.71 bits per heavy atom. The van der Waals surface area contributed by atoms with Crippen LogP contribution in [0.25, 0.3) is 0 Å². The third-order valence-corrected chi connectivity index (χ3v) is 1.81. The highest BCUT2D eigenvalue weighted by Crippen LogP contribution is 2.12. The maximum absolute atomic E-state index is 5.61. The molecule has 14 heavy (non-hydrogen) atoms. The fraction of sp³-hybridized carbons (Fsp3) is 0.300. The number of nitrogens with one attached hydrogen (secondary N) is 1. The molecule has 4 heteroatoms. The number of nitrogens with zero attached hydrogens (tertiary/aromatic N) is 1. The number of hydrogen-bond donors (Lipinski definition) is 1. The molecule has 0 spiro atoms. The fourth-order valence-corrected chi connectivity index (χ4v) is 1.17. The largest absolute Gasteiger partial charge is 0.481 e. The summed E-state index contributed by atoms with van der Waals surface area (Å²) in [5.41, 5.74) is 1.01. The highest BCUT2D eigenvalue weighted by atomic mass is 35.5.